The molecule has 0 unspecified atom stereocenters. The van der Waals surface area contributed by atoms with Crippen LogP contribution >= 0.6 is 0 Å². The normalized spacial score (nSPS) is 15.1. The number of likely N-dealkylation sites (tertiary alicyclic amines) is 1. The highest BCUT2D eigenvalue weighted by molar-refractivity contribution is 5.22. The number of nitrogens with zero attached hydrogens (tertiary/aromatic N) is 1. The van der Waals surface area contributed by atoms with E-state index in [1.807, 2.05) is 0 Å². The van der Waals surface area contributed by atoms with Crippen LogP contribution in [0.25, 0.3) is 0 Å². The van der Waals surface area contributed by atoms with Gasteiger partial charge in [0.05, 0.1) is 0 Å². The van der Waals surface area contributed by atoms with E-state index in [0.717, 1.165) is 26.1 Å². The molecule has 3 rings (SSSR count). The fourth-order valence-corrected chi connectivity index (χ4v) is 3.26. The molecule has 0 bridgehead atoms. The van der Waals surface area contributed by atoms with E-state index in [9.17, 15) is 0 Å². The molecule has 2 nitrogen and oxygen atoms in total. The summed E-state index contributed by atoms with van der Waals surface area (Å²) in [6, 6.07) is 19.9. The minimum Gasteiger partial charge on any atom is -0.313 e. The van der Waals surface area contributed by atoms with E-state index in [-0.39, 0.29) is 0 Å². The van der Waals surface area contributed by atoms with Crippen LogP contribution in [-0.2, 0) is 19.5 Å². The molecule has 0 aliphatic carbocycles. The van der Waals surface area contributed by atoms with Crippen molar-refractivity contribution in [3.8, 4) is 0 Å². The van der Waals surface area contributed by atoms with Gasteiger partial charge in [-0.2, -0.15) is 0 Å². The van der Waals surface area contributed by atoms with Gasteiger partial charge in [0, 0.05) is 13.1 Å². The second-order valence-electron chi connectivity index (χ2n) is 6.57. The lowest BCUT2D eigenvalue weighted by Crippen LogP contribution is -2.18. The lowest BCUT2D eigenvalue weighted by molar-refractivity contribution is 0.331. The van der Waals surface area contributed by atoms with E-state index in [2.05, 4.69) is 64.8 Å². The lowest BCUT2D eigenvalue weighted by atomic mass is 10.1. The maximum Gasteiger partial charge on any atom is 0.0233 e. The van der Waals surface area contributed by atoms with Crippen LogP contribution < -0.4 is 5.32 Å². The van der Waals surface area contributed by atoms with Gasteiger partial charge in [0.15, 0.2) is 0 Å². The summed E-state index contributed by atoms with van der Waals surface area (Å²) in [5.74, 6) is 0. The van der Waals surface area contributed by atoms with Gasteiger partial charge in [0.25, 0.3) is 0 Å². The quantitative estimate of drug-likeness (QED) is 0.741. The highest BCUT2D eigenvalue weighted by Gasteiger charge is 2.11. The molecule has 122 valence electrons. The Morgan fingerprint density at radius 1 is 0.783 bits per heavy atom. The van der Waals surface area contributed by atoms with Crippen molar-refractivity contribution < 1.29 is 0 Å². The van der Waals surface area contributed by atoms with Crippen LogP contribution in [0.1, 0.15) is 36.0 Å². The van der Waals surface area contributed by atoms with Gasteiger partial charge in [-0.3, -0.25) is 4.90 Å². The maximum absolute atomic E-state index is 3.55. The Labute approximate surface area is 140 Å². The number of rotatable bonds is 8. The minimum atomic E-state index is 0.971. The Balaban J connectivity index is 1.33. The van der Waals surface area contributed by atoms with Crippen molar-refractivity contribution >= 4 is 0 Å². The first-order valence-electron chi connectivity index (χ1n) is 8.95. The Morgan fingerprint density at radius 3 is 2.22 bits per heavy atom. The average molecular weight is 308 g/mol. The molecule has 1 fully saturated rings. The smallest absolute Gasteiger partial charge is 0.0233 e. The van der Waals surface area contributed by atoms with Crippen molar-refractivity contribution in [2.45, 2.75) is 38.8 Å². The fourth-order valence-electron chi connectivity index (χ4n) is 3.26. The number of hydrogen-bond donors (Lipinski definition) is 1. The predicted octanol–water partition coefficient (Wildman–Crippen LogP) is 4.00. The number of benzene rings is 2. The molecule has 23 heavy (non-hydrogen) atoms. The predicted molar refractivity (Wildman–Crippen MR) is 97.4 cm³/mol. The zero-order valence-electron chi connectivity index (χ0n) is 14.0. The van der Waals surface area contributed by atoms with E-state index in [1.54, 1.807) is 0 Å². The van der Waals surface area contributed by atoms with Gasteiger partial charge in [0.2, 0.25) is 0 Å². The largest absolute Gasteiger partial charge is 0.313 e. The third-order valence-electron chi connectivity index (χ3n) is 4.62. The molecular formula is C21H28N2. The summed E-state index contributed by atoms with van der Waals surface area (Å²) >= 11 is 0. The van der Waals surface area contributed by atoms with E-state index in [0.29, 0.717) is 0 Å². The molecule has 1 aliphatic rings. The summed E-state index contributed by atoms with van der Waals surface area (Å²) in [7, 11) is 0. The van der Waals surface area contributed by atoms with E-state index < -0.39 is 0 Å². The highest BCUT2D eigenvalue weighted by Crippen LogP contribution is 2.13. The SMILES string of the molecule is c1ccc(CCCNCc2ccc(CN3CCCC3)cc2)cc1. The molecule has 0 amide bonds. The van der Waals surface area contributed by atoms with Crippen molar-refractivity contribution in [1.82, 2.24) is 10.2 Å². The molecule has 2 aromatic carbocycles. The Morgan fingerprint density at radius 2 is 1.48 bits per heavy atom. The first kappa shape index (κ1) is 16.2. The van der Waals surface area contributed by atoms with Crippen molar-refractivity contribution in [2.75, 3.05) is 19.6 Å². The topological polar surface area (TPSA) is 15.3 Å². The van der Waals surface area contributed by atoms with Crippen molar-refractivity contribution in [3.05, 3.63) is 71.3 Å². The van der Waals surface area contributed by atoms with Gasteiger partial charge in [-0.1, -0.05) is 54.6 Å². The average Bonchev–Trinajstić information content (AvgIpc) is 3.10. The molecule has 0 aromatic heterocycles. The number of nitrogens with one attached hydrogen (secondary N) is 1. The van der Waals surface area contributed by atoms with Crippen LogP contribution in [-0.4, -0.2) is 24.5 Å². The van der Waals surface area contributed by atoms with Gasteiger partial charge in [-0.15, -0.1) is 0 Å². The van der Waals surface area contributed by atoms with Crippen LogP contribution in [0.3, 0.4) is 0 Å². The van der Waals surface area contributed by atoms with Crippen molar-refractivity contribution in [3.63, 3.8) is 0 Å². The molecule has 0 atom stereocenters. The Bertz CT molecular complexity index is 556. The Hall–Kier alpha value is -1.64. The molecule has 1 aliphatic heterocycles. The summed E-state index contributed by atoms with van der Waals surface area (Å²) in [5.41, 5.74) is 4.26. The van der Waals surface area contributed by atoms with E-state index in [4.69, 9.17) is 0 Å². The summed E-state index contributed by atoms with van der Waals surface area (Å²) in [4.78, 5) is 2.55. The lowest BCUT2D eigenvalue weighted by Gasteiger charge is -2.14. The molecule has 1 saturated heterocycles. The maximum atomic E-state index is 3.55. The summed E-state index contributed by atoms with van der Waals surface area (Å²) in [5, 5.41) is 3.55. The summed E-state index contributed by atoms with van der Waals surface area (Å²) in [6.45, 7) is 5.70. The molecule has 1 N–H and O–H groups in total. The number of hydrogen-bond acceptors (Lipinski definition) is 2. The Kier molecular flexibility index (Phi) is 6.25. The highest BCUT2D eigenvalue weighted by atomic mass is 15.1. The molecule has 1 heterocycles. The van der Waals surface area contributed by atoms with Crippen LogP contribution in [0.5, 0.6) is 0 Å². The van der Waals surface area contributed by atoms with Gasteiger partial charge in [-0.25, -0.2) is 0 Å². The van der Waals surface area contributed by atoms with Gasteiger partial charge in [-0.05, 0) is 62.0 Å². The van der Waals surface area contributed by atoms with Crippen LogP contribution in [0, 0.1) is 0 Å². The molecule has 0 spiro atoms. The molecule has 0 radical (unpaired) electrons. The van der Waals surface area contributed by atoms with Crippen LogP contribution in [0.2, 0.25) is 0 Å². The minimum absolute atomic E-state index is 0.971. The van der Waals surface area contributed by atoms with Gasteiger partial charge in [0.1, 0.15) is 0 Å². The van der Waals surface area contributed by atoms with Crippen LogP contribution in [0.4, 0.5) is 0 Å². The van der Waals surface area contributed by atoms with Gasteiger partial charge < -0.3 is 5.32 Å². The number of aryl methyl sites for hydroxylation is 1. The van der Waals surface area contributed by atoms with E-state index >= 15 is 0 Å². The monoisotopic (exact) mass is 308 g/mol. The first-order chi connectivity index (χ1) is 11.4. The first-order valence-corrected chi connectivity index (χ1v) is 8.95. The third kappa shape index (κ3) is 5.49. The second-order valence-corrected chi connectivity index (χ2v) is 6.57. The zero-order valence-corrected chi connectivity index (χ0v) is 14.0. The second kappa shape index (κ2) is 8.85. The molecule has 2 heteroatoms. The summed E-state index contributed by atoms with van der Waals surface area (Å²) < 4.78 is 0. The van der Waals surface area contributed by atoms with E-state index in [1.165, 1.54) is 49.0 Å². The fraction of sp³-hybridized carbons (Fsp3) is 0.429. The van der Waals surface area contributed by atoms with Crippen LogP contribution in [0.15, 0.2) is 54.6 Å². The third-order valence-corrected chi connectivity index (χ3v) is 4.62. The van der Waals surface area contributed by atoms with Gasteiger partial charge >= 0.3 is 0 Å². The zero-order chi connectivity index (χ0) is 15.7. The van der Waals surface area contributed by atoms with Crippen molar-refractivity contribution in [1.29, 1.82) is 0 Å². The molecule has 2 aromatic rings. The standard InChI is InChI=1S/C21H28N2/c1-2-7-19(8-3-1)9-6-14-22-17-20-10-12-21(13-11-20)18-23-15-4-5-16-23/h1-3,7-8,10-13,22H,4-6,9,14-18H2. The molecule has 0 saturated carbocycles. The summed E-state index contributed by atoms with van der Waals surface area (Å²) in [6.07, 6.45) is 5.08. The van der Waals surface area contributed by atoms with Crippen molar-refractivity contribution in [2.24, 2.45) is 0 Å². The molecular weight excluding hydrogens is 280 g/mol.